The molecular weight excluding hydrogens is 490 g/mol. The van der Waals surface area contributed by atoms with Gasteiger partial charge < -0.3 is 15.6 Å². The van der Waals surface area contributed by atoms with E-state index in [-0.39, 0.29) is 11.7 Å². The van der Waals surface area contributed by atoms with Gasteiger partial charge in [-0.3, -0.25) is 9.59 Å². The first-order valence-corrected chi connectivity index (χ1v) is 15.4. The molecular formula is C27H37N5O2S2. The topological polar surface area (TPSA) is 103 Å². The first-order valence-electron chi connectivity index (χ1n) is 13.6. The third-order valence-electron chi connectivity index (χ3n) is 9.15. The number of fused-ring (bicyclic) bond motifs is 1. The summed E-state index contributed by atoms with van der Waals surface area (Å²) in [4.78, 5) is 26.3. The van der Waals surface area contributed by atoms with Gasteiger partial charge in [0.15, 0.2) is 5.16 Å². The zero-order valence-corrected chi connectivity index (χ0v) is 23.0. The van der Waals surface area contributed by atoms with E-state index in [2.05, 4.69) is 33.9 Å². The summed E-state index contributed by atoms with van der Waals surface area (Å²) < 4.78 is 2.20. The Morgan fingerprint density at radius 1 is 1.17 bits per heavy atom. The summed E-state index contributed by atoms with van der Waals surface area (Å²) in [6.07, 6.45) is 12.2. The lowest BCUT2D eigenvalue weighted by Crippen LogP contribution is -2.47. The Morgan fingerprint density at radius 2 is 1.86 bits per heavy atom. The Hall–Kier alpha value is -1.87. The number of anilines is 1. The maximum Gasteiger partial charge on any atom is 0.251 e. The highest BCUT2D eigenvalue weighted by molar-refractivity contribution is 7.99. The van der Waals surface area contributed by atoms with Gasteiger partial charge in [-0.15, -0.1) is 21.5 Å². The number of carbonyl (C=O) groups excluding carboxylic acids is 2. The molecule has 194 valence electrons. The van der Waals surface area contributed by atoms with Crippen molar-refractivity contribution in [3.63, 3.8) is 0 Å². The maximum absolute atomic E-state index is 12.9. The van der Waals surface area contributed by atoms with Gasteiger partial charge in [-0.05, 0) is 99.4 Å². The molecule has 7 nitrogen and oxygen atoms in total. The van der Waals surface area contributed by atoms with Crippen molar-refractivity contribution in [2.24, 2.45) is 34.8 Å². The number of primary amides is 1. The highest BCUT2D eigenvalue weighted by atomic mass is 32.2. The van der Waals surface area contributed by atoms with Crippen LogP contribution in [0.5, 0.6) is 0 Å². The van der Waals surface area contributed by atoms with Crippen LogP contribution in [0.2, 0.25) is 0 Å². The second-order valence-electron chi connectivity index (χ2n) is 12.0. The van der Waals surface area contributed by atoms with E-state index in [1.54, 1.807) is 0 Å². The molecule has 5 aliphatic carbocycles. The third kappa shape index (κ3) is 4.51. The second-order valence-corrected chi connectivity index (χ2v) is 14.0. The number of carbonyl (C=O) groups is 2. The number of nitrogens with two attached hydrogens (primary N) is 1. The van der Waals surface area contributed by atoms with Crippen LogP contribution in [0.15, 0.2) is 5.16 Å². The molecule has 0 saturated heterocycles. The molecule has 1 atom stereocenters. The fourth-order valence-electron chi connectivity index (χ4n) is 8.11. The largest absolute Gasteiger partial charge is 0.365 e. The van der Waals surface area contributed by atoms with E-state index in [0.29, 0.717) is 21.9 Å². The zero-order valence-electron chi connectivity index (χ0n) is 21.3. The number of hydrogen-bond donors (Lipinski definition) is 2. The SMILES string of the molecule is CCn1c(CC23CC4CC(CC(C4)C2)C3)nnc1SCC(=O)Nc1sc2c(c1C(N)=O)CCC(C)C2. The normalized spacial score (nSPS) is 30.4. The van der Waals surface area contributed by atoms with Crippen molar-refractivity contribution in [3.05, 3.63) is 21.8 Å². The number of thiophene rings is 1. The van der Waals surface area contributed by atoms with Crippen LogP contribution in [0.25, 0.3) is 0 Å². The van der Waals surface area contributed by atoms with Crippen LogP contribution >= 0.6 is 23.1 Å². The van der Waals surface area contributed by atoms with Crippen molar-refractivity contribution in [1.82, 2.24) is 14.8 Å². The van der Waals surface area contributed by atoms with Crippen molar-refractivity contribution >= 4 is 39.9 Å². The quantitative estimate of drug-likeness (QED) is 0.467. The number of aromatic nitrogens is 3. The summed E-state index contributed by atoms with van der Waals surface area (Å²) in [6.45, 7) is 5.16. The van der Waals surface area contributed by atoms with Crippen molar-refractivity contribution in [1.29, 1.82) is 0 Å². The molecule has 1 unspecified atom stereocenters. The average molecular weight is 528 g/mol. The van der Waals surface area contributed by atoms with Gasteiger partial charge in [0, 0.05) is 17.8 Å². The van der Waals surface area contributed by atoms with Crippen LogP contribution in [-0.2, 0) is 30.6 Å². The summed E-state index contributed by atoms with van der Waals surface area (Å²) in [5, 5.41) is 13.5. The van der Waals surface area contributed by atoms with Gasteiger partial charge in [0.05, 0.1) is 11.3 Å². The van der Waals surface area contributed by atoms with E-state index >= 15 is 0 Å². The first-order chi connectivity index (χ1) is 17.3. The molecule has 5 aliphatic rings. The fourth-order valence-corrected chi connectivity index (χ4v) is 10.4. The summed E-state index contributed by atoms with van der Waals surface area (Å²) in [7, 11) is 0. The Labute approximate surface area is 221 Å². The first kappa shape index (κ1) is 24.5. The van der Waals surface area contributed by atoms with Gasteiger partial charge in [-0.1, -0.05) is 18.7 Å². The summed E-state index contributed by atoms with van der Waals surface area (Å²) in [6, 6.07) is 0. The lowest BCUT2D eigenvalue weighted by atomic mass is 9.49. The van der Waals surface area contributed by atoms with E-state index in [1.807, 2.05) is 0 Å². The standard InChI is InChI=1S/C27H37N5O2S2/c1-3-32-21(13-27-10-16-7-17(11-27)9-18(8-16)12-27)30-31-26(32)35-14-22(33)29-25-23(24(28)34)19-5-4-15(2)6-20(19)36-25/h15-18H,3-14H2,1-2H3,(H2,28,34)(H,29,33). The molecule has 36 heavy (non-hydrogen) atoms. The number of nitrogens with zero attached hydrogens (tertiary/aromatic N) is 3. The van der Waals surface area contributed by atoms with E-state index < -0.39 is 5.91 Å². The van der Waals surface area contributed by atoms with Crippen LogP contribution < -0.4 is 11.1 Å². The Morgan fingerprint density at radius 3 is 2.50 bits per heavy atom. The van der Waals surface area contributed by atoms with Crippen LogP contribution in [-0.4, -0.2) is 32.3 Å². The molecule has 2 aromatic heterocycles. The number of amides is 2. The molecule has 0 spiro atoms. The summed E-state index contributed by atoms with van der Waals surface area (Å²) in [5.74, 6) is 4.07. The molecule has 9 heteroatoms. The molecule has 0 aliphatic heterocycles. The lowest BCUT2D eigenvalue weighted by Gasteiger charge is -2.56. The molecule has 0 radical (unpaired) electrons. The minimum absolute atomic E-state index is 0.137. The van der Waals surface area contributed by atoms with Crippen molar-refractivity contribution in [3.8, 4) is 0 Å². The van der Waals surface area contributed by atoms with E-state index in [1.165, 1.54) is 66.5 Å². The monoisotopic (exact) mass is 527 g/mol. The second kappa shape index (κ2) is 9.46. The minimum atomic E-state index is -0.454. The molecule has 2 amide bonds. The van der Waals surface area contributed by atoms with Gasteiger partial charge in [0.2, 0.25) is 5.91 Å². The number of thioether (sulfide) groups is 1. The van der Waals surface area contributed by atoms with Crippen molar-refractivity contribution < 1.29 is 9.59 Å². The van der Waals surface area contributed by atoms with Crippen LogP contribution in [0.4, 0.5) is 5.00 Å². The van der Waals surface area contributed by atoms with Crippen molar-refractivity contribution in [2.45, 2.75) is 89.8 Å². The third-order valence-corrected chi connectivity index (χ3v) is 11.3. The Kier molecular flexibility index (Phi) is 6.43. The van der Waals surface area contributed by atoms with Gasteiger partial charge in [-0.25, -0.2) is 0 Å². The molecule has 2 heterocycles. The van der Waals surface area contributed by atoms with Gasteiger partial charge in [0.1, 0.15) is 10.8 Å². The molecule has 3 N–H and O–H groups in total. The zero-order chi connectivity index (χ0) is 25.0. The van der Waals surface area contributed by atoms with Crippen LogP contribution in [0.1, 0.15) is 85.4 Å². The van der Waals surface area contributed by atoms with Crippen molar-refractivity contribution in [2.75, 3.05) is 11.1 Å². The minimum Gasteiger partial charge on any atom is -0.365 e. The number of nitrogens with one attached hydrogen (secondary N) is 1. The molecule has 4 fully saturated rings. The molecule has 4 bridgehead atoms. The molecule has 0 aromatic carbocycles. The smallest absolute Gasteiger partial charge is 0.251 e. The highest BCUT2D eigenvalue weighted by Gasteiger charge is 2.51. The average Bonchev–Trinajstić information content (AvgIpc) is 3.35. The van der Waals surface area contributed by atoms with Gasteiger partial charge in [-0.2, -0.15) is 0 Å². The Bertz CT molecular complexity index is 1150. The predicted molar refractivity (Wildman–Crippen MR) is 143 cm³/mol. The van der Waals surface area contributed by atoms with E-state index in [0.717, 1.165) is 66.5 Å². The molecule has 4 saturated carbocycles. The Balaban J connectivity index is 1.12. The predicted octanol–water partition coefficient (Wildman–Crippen LogP) is 5.07. The van der Waals surface area contributed by atoms with Gasteiger partial charge in [0.25, 0.3) is 5.91 Å². The van der Waals surface area contributed by atoms with Gasteiger partial charge >= 0.3 is 0 Å². The molecule has 2 aromatic rings. The summed E-state index contributed by atoms with van der Waals surface area (Å²) >= 11 is 2.94. The highest BCUT2D eigenvalue weighted by Crippen LogP contribution is 2.61. The van der Waals surface area contributed by atoms with Crippen LogP contribution in [0, 0.1) is 29.1 Å². The molecule has 7 rings (SSSR count). The van der Waals surface area contributed by atoms with E-state index in [4.69, 9.17) is 5.73 Å². The lowest BCUT2D eigenvalue weighted by molar-refractivity contribution is -0.113. The number of hydrogen-bond acceptors (Lipinski definition) is 6. The van der Waals surface area contributed by atoms with E-state index in [9.17, 15) is 9.59 Å². The van der Waals surface area contributed by atoms with Crippen LogP contribution in [0.3, 0.4) is 0 Å². The number of rotatable bonds is 8. The summed E-state index contributed by atoms with van der Waals surface area (Å²) in [5.41, 5.74) is 7.67. The maximum atomic E-state index is 12.9. The fraction of sp³-hybridized carbons (Fsp3) is 0.704.